The summed E-state index contributed by atoms with van der Waals surface area (Å²) < 4.78 is 3.29. The molecule has 0 radical (unpaired) electrons. The molecule has 3 heterocycles. The maximum absolute atomic E-state index is 12.3. The van der Waals surface area contributed by atoms with Gasteiger partial charge < -0.3 is 4.90 Å². The van der Waals surface area contributed by atoms with Gasteiger partial charge in [-0.05, 0) is 32.1 Å². The SMILES string of the molecule is CCN1C(=O)/C(=C/C=C2/Sc3sc4ccccc4c3N2CC)SC1=S. The van der Waals surface area contributed by atoms with E-state index in [1.54, 1.807) is 16.7 Å². The summed E-state index contributed by atoms with van der Waals surface area (Å²) in [5.74, 6) is 0.0145. The number of benzene rings is 1. The third-order valence-corrected chi connectivity index (χ3v) is 7.95. The first-order chi connectivity index (χ1) is 12.1. The van der Waals surface area contributed by atoms with Crippen molar-refractivity contribution < 1.29 is 4.79 Å². The van der Waals surface area contributed by atoms with Gasteiger partial charge in [0.15, 0.2) is 0 Å². The Labute approximate surface area is 164 Å². The predicted molar refractivity (Wildman–Crippen MR) is 114 cm³/mol. The van der Waals surface area contributed by atoms with Gasteiger partial charge in [-0.2, -0.15) is 0 Å². The number of rotatable bonds is 3. The summed E-state index contributed by atoms with van der Waals surface area (Å²) in [6.07, 6.45) is 3.97. The van der Waals surface area contributed by atoms with Gasteiger partial charge >= 0.3 is 0 Å². The number of amides is 1. The number of thiophene rings is 1. The highest BCUT2D eigenvalue weighted by atomic mass is 32.2. The Morgan fingerprint density at radius 3 is 2.56 bits per heavy atom. The van der Waals surface area contributed by atoms with Crippen LogP contribution in [0.1, 0.15) is 13.8 Å². The van der Waals surface area contributed by atoms with Crippen LogP contribution in [0.2, 0.25) is 0 Å². The van der Waals surface area contributed by atoms with Crippen molar-refractivity contribution in [3.63, 3.8) is 0 Å². The van der Waals surface area contributed by atoms with E-state index < -0.39 is 0 Å². The van der Waals surface area contributed by atoms with E-state index in [0.29, 0.717) is 15.8 Å². The van der Waals surface area contributed by atoms with Gasteiger partial charge in [0.05, 0.1) is 19.8 Å². The van der Waals surface area contributed by atoms with E-state index in [4.69, 9.17) is 12.2 Å². The molecular weight excluding hydrogens is 388 g/mol. The van der Waals surface area contributed by atoms with Gasteiger partial charge in [0, 0.05) is 23.2 Å². The topological polar surface area (TPSA) is 23.6 Å². The van der Waals surface area contributed by atoms with Crippen LogP contribution >= 0.6 is 47.1 Å². The van der Waals surface area contributed by atoms with E-state index in [9.17, 15) is 4.79 Å². The third kappa shape index (κ3) is 2.83. The van der Waals surface area contributed by atoms with E-state index in [-0.39, 0.29) is 5.91 Å². The lowest BCUT2D eigenvalue weighted by Gasteiger charge is -2.17. The summed E-state index contributed by atoms with van der Waals surface area (Å²) >= 11 is 10.3. The maximum Gasteiger partial charge on any atom is 0.266 e. The Hall–Kier alpha value is -1.28. The van der Waals surface area contributed by atoms with Crippen LogP contribution in [0, 0.1) is 0 Å². The Kier molecular flexibility index (Phi) is 4.66. The predicted octanol–water partition coefficient (Wildman–Crippen LogP) is 5.44. The highest BCUT2D eigenvalue weighted by Crippen LogP contribution is 2.54. The van der Waals surface area contributed by atoms with Crippen LogP contribution in [-0.2, 0) is 4.79 Å². The molecule has 1 saturated heterocycles. The van der Waals surface area contributed by atoms with Crippen molar-refractivity contribution in [2.24, 2.45) is 0 Å². The lowest BCUT2D eigenvalue weighted by atomic mass is 10.2. The molecule has 4 rings (SSSR count). The number of carbonyl (C=O) groups is 1. The molecule has 1 amide bonds. The number of likely N-dealkylation sites (N-methyl/N-ethyl adjacent to an activating group) is 1. The van der Waals surface area contributed by atoms with Crippen LogP contribution in [0.4, 0.5) is 5.69 Å². The fourth-order valence-electron chi connectivity index (χ4n) is 2.97. The minimum absolute atomic E-state index is 0.0145. The van der Waals surface area contributed by atoms with Crippen molar-refractivity contribution in [2.75, 3.05) is 18.0 Å². The molecule has 3 nitrogen and oxygen atoms in total. The number of anilines is 1. The van der Waals surface area contributed by atoms with Crippen molar-refractivity contribution in [1.82, 2.24) is 4.90 Å². The summed E-state index contributed by atoms with van der Waals surface area (Å²) in [4.78, 5) is 17.0. The molecule has 0 saturated carbocycles. The van der Waals surface area contributed by atoms with Gasteiger partial charge in [-0.3, -0.25) is 9.69 Å². The van der Waals surface area contributed by atoms with E-state index in [0.717, 1.165) is 11.6 Å². The molecule has 128 valence electrons. The van der Waals surface area contributed by atoms with Crippen LogP contribution in [0.5, 0.6) is 0 Å². The molecule has 0 atom stereocenters. The Morgan fingerprint density at radius 1 is 1.08 bits per heavy atom. The van der Waals surface area contributed by atoms with Gasteiger partial charge in [0.25, 0.3) is 5.91 Å². The number of hydrogen-bond donors (Lipinski definition) is 0. The van der Waals surface area contributed by atoms with Crippen LogP contribution in [0.25, 0.3) is 10.1 Å². The molecule has 7 heteroatoms. The first-order valence-corrected chi connectivity index (χ1v) is 10.9. The second-order valence-electron chi connectivity index (χ2n) is 5.53. The van der Waals surface area contributed by atoms with Gasteiger partial charge in [-0.1, -0.05) is 53.9 Å². The summed E-state index contributed by atoms with van der Waals surface area (Å²) in [7, 11) is 0. The van der Waals surface area contributed by atoms with Crippen molar-refractivity contribution in [3.05, 3.63) is 46.4 Å². The Bertz CT molecular complexity index is 944. The smallest absolute Gasteiger partial charge is 0.266 e. The average Bonchev–Trinajstić information content (AvgIpc) is 3.22. The lowest BCUT2D eigenvalue weighted by Crippen LogP contribution is -2.27. The minimum Gasteiger partial charge on any atom is -0.334 e. The fourth-order valence-corrected chi connectivity index (χ4v) is 6.89. The van der Waals surface area contributed by atoms with Crippen molar-refractivity contribution in [1.29, 1.82) is 0 Å². The normalized spacial score (nSPS) is 20.6. The van der Waals surface area contributed by atoms with Gasteiger partial charge in [0.2, 0.25) is 0 Å². The average molecular weight is 405 g/mol. The second kappa shape index (κ2) is 6.79. The first kappa shape index (κ1) is 17.1. The minimum atomic E-state index is 0.0145. The molecule has 0 spiro atoms. The van der Waals surface area contributed by atoms with Gasteiger partial charge in [0.1, 0.15) is 4.32 Å². The van der Waals surface area contributed by atoms with Crippen LogP contribution in [0.3, 0.4) is 0 Å². The zero-order chi connectivity index (χ0) is 17.6. The molecule has 1 aromatic carbocycles. The zero-order valence-electron chi connectivity index (χ0n) is 13.8. The van der Waals surface area contributed by atoms with E-state index in [2.05, 4.69) is 42.2 Å². The standard InChI is InChI=1S/C18H16N2OS4/c1-3-19-14(10-9-13-16(21)20(4-2)18(22)24-13)25-17-15(19)11-7-5-6-8-12(11)23-17/h5-10H,3-4H2,1-2H3/b13-9-,14-10+. The molecule has 2 aromatic rings. The monoisotopic (exact) mass is 404 g/mol. The Morgan fingerprint density at radius 2 is 1.84 bits per heavy atom. The Balaban J connectivity index is 1.68. The van der Waals surface area contributed by atoms with Crippen molar-refractivity contribution in [2.45, 2.75) is 18.1 Å². The molecular formula is C18H16N2OS4. The molecule has 0 bridgehead atoms. The van der Waals surface area contributed by atoms with Crippen molar-refractivity contribution in [3.8, 4) is 0 Å². The van der Waals surface area contributed by atoms with E-state index in [1.165, 1.54) is 31.7 Å². The first-order valence-electron chi connectivity index (χ1n) is 8.06. The quantitative estimate of drug-likeness (QED) is 0.501. The molecule has 1 fully saturated rings. The number of thiocarbonyl (C=S) groups is 1. The van der Waals surface area contributed by atoms with E-state index >= 15 is 0 Å². The summed E-state index contributed by atoms with van der Waals surface area (Å²) in [5.41, 5.74) is 1.30. The second-order valence-corrected chi connectivity index (χ2v) is 9.55. The summed E-state index contributed by atoms with van der Waals surface area (Å²) in [5, 5.41) is 2.47. The van der Waals surface area contributed by atoms with Gasteiger partial charge in [-0.15, -0.1) is 11.3 Å². The number of hydrogen-bond acceptors (Lipinski definition) is 6. The number of carbonyl (C=O) groups excluding carboxylic acids is 1. The number of fused-ring (bicyclic) bond motifs is 3. The number of thioether (sulfide) groups is 2. The van der Waals surface area contributed by atoms with Crippen LogP contribution < -0.4 is 4.90 Å². The highest BCUT2D eigenvalue weighted by molar-refractivity contribution is 8.26. The third-order valence-electron chi connectivity index (χ3n) is 4.15. The molecule has 0 aliphatic carbocycles. The molecule has 25 heavy (non-hydrogen) atoms. The van der Waals surface area contributed by atoms with E-state index in [1.807, 2.05) is 24.3 Å². The molecule has 2 aliphatic heterocycles. The maximum atomic E-state index is 12.3. The molecule has 0 N–H and O–H groups in total. The molecule has 0 unspecified atom stereocenters. The fraction of sp³-hybridized carbons (Fsp3) is 0.222. The zero-order valence-corrected chi connectivity index (χ0v) is 17.1. The number of allylic oxidation sites excluding steroid dienone is 2. The number of nitrogens with zero attached hydrogens (tertiary/aromatic N) is 2. The largest absolute Gasteiger partial charge is 0.334 e. The lowest BCUT2D eigenvalue weighted by molar-refractivity contribution is -0.122. The van der Waals surface area contributed by atoms with Crippen LogP contribution in [-0.4, -0.2) is 28.2 Å². The van der Waals surface area contributed by atoms with Crippen LogP contribution in [0.15, 0.2) is 50.6 Å². The van der Waals surface area contributed by atoms with Crippen molar-refractivity contribution >= 4 is 73.1 Å². The molecule has 2 aliphatic rings. The highest BCUT2D eigenvalue weighted by Gasteiger charge is 2.31. The van der Waals surface area contributed by atoms with Gasteiger partial charge in [-0.25, -0.2) is 0 Å². The summed E-state index contributed by atoms with van der Waals surface area (Å²) in [6.45, 7) is 5.63. The summed E-state index contributed by atoms with van der Waals surface area (Å²) in [6, 6.07) is 8.53. The molecule has 1 aromatic heterocycles.